The fraction of sp³-hybridized carbons (Fsp3) is 0.533. The monoisotopic (exact) mass is 231 g/mol. The predicted octanol–water partition coefficient (Wildman–Crippen LogP) is 3.21. The first-order valence-electron chi connectivity index (χ1n) is 6.31. The number of hydrogen-bond donors (Lipinski definition) is 0. The fourth-order valence-corrected chi connectivity index (χ4v) is 3.40. The third kappa shape index (κ3) is 1.36. The van der Waals surface area contributed by atoms with Crippen LogP contribution >= 0.6 is 0 Å². The maximum absolute atomic E-state index is 12.7. The Morgan fingerprint density at radius 3 is 2.12 bits per heavy atom. The molecule has 0 saturated carbocycles. The highest BCUT2D eigenvalue weighted by Gasteiger charge is 2.53. The van der Waals surface area contributed by atoms with Gasteiger partial charge in [-0.1, -0.05) is 45.9 Å². The van der Waals surface area contributed by atoms with Crippen LogP contribution in [0.3, 0.4) is 0 Å². The molecule has 0 bridgehead atoms. The van der Waals surface area contributed by atoms with E-state index in [4.69, 9.17) is 0 Å². The average Bonchev–Trinajstić information content (AvgIpc) is 2.50. The summed E-state index contributed by atoms with van der Waals surface area (Å²) < 4.78 is 0. The Kier molecular flexibility index (Phi) is 2.76. The molecular weight excluding hydrogens is 210 g/mol. The van der Waals surface area contributed by atoms with Crippen molar-refractivity contribution in [3.05, 3.63) is 29.8 Å². The molecule has 2 nitrogen and oxygen atoms in total. The van der Waals surface area contributed by atoms with Crippen molar-refractivity contribution in [2.24, 2.45) is 11.8 Å². The molecule has 17 heavy (non-hydrogen) atoms. The van der Waals surface area contributed by atoms with Crippen LogP contribution in [0.1, 0.15) is 33.3 Å². The van der Waals surface area contributed by atoms with Crippen molar-refractivity contribution in [1.82, 2.24) is 0 Å². The van der Waals surface area contributed by atoms with E-state index in [-0.39, 0.29) is 11.3 Å². The topological polar surface area (TPSA) is 20.3 Å². The second-order valence-electron chi connectivity index (χ2n) is 5.56. The molecule has 1 aliphatic heterocycles. The number of benzene rings is 1. The summed E-state index contributed by atoms with van der Waals surface area (Å²) in [6.45, 7) is 8.59. The normalized spacial score (nSPS) is 18.1. The van der Waals surface area contributed by atoms with Gasteiger partial charge in [0.15, 0.2) is 0 Å². The zero-order valence-electron chi connectivity index (χ0n) is 11.3. The molecule has 1 aromatic carbocycles. The molecule has 0 spiro atoms. The smallest absolute Gasteiger partial charge is 0.237 e. The standard InChI is InChI=1S/C15H21NO/c1-10(2)15(11(3)4)12-8-6-7-9-13(12)16(5)14(15)17/h6-11H,1-5H3. The maximum atomic E-state index is 12.7. The molecule has 92 valence electrons. The van der Waals surface area contributed by atoms with Gasteiger partial charge in [-0.3, -0.25) is 4.79 Å². The number of rotatable bonds is 2. The highest BCUT2D eigenvalue weighted by molar-refractivity contribution is 6.08. The minimum atomic E-state index is -0.356. The molecule has 2 rings (SSSR count). The van der Waals surface area contributed by atoms with E-state index in [1.54, 1.807) is 0 Å². The van der Waals surface area contributed by atoms with E-state index in [1.807, 2.05) is 30.1 Å². The zero-order chi connectivity index (χ0) is 12.8. The van der Waals surface area contributed by atoms with Crippen molar-refractivity contribution in [3.8, 4) is 0 Å². The molecule has 0 N–H and O–H groups in total. The number of nitrogens with zero attached hydrogens (tertiary/aromatic N) is 1. The Labute approximate surface area is 104 Å². The largest absolute Gasteiger partial charge is 0.314 e. The molecule has 0 fully saturated rings. The van der Waals surface area contributed by atoms with Crippen LogP contribution in [0.15, 0.2) is 24.3 Å². The summed E-state index contributed by atoms with van der Waals surface area (Å²) >= 11 is 0. The van der Waals surface area contributed by atoms with Crippen LogP contribution in [0.2, 0.25) is 0 Å². The van der Waals surface area contributed by atoms with Gasteiger partial charge in [-0.25, -0.2) is 0 Å². The maximum Gasteiger partial charge on any atom is 0.237 e. The summed E-state index contributed by atoms with van der Waals surface area (Å²) in [5, 5.41) is 0. The van der Waals surface area contributed by atoms with Crippen LogP contribution in [0.4, 0.5) is 5.69 Å². The predicted molar refractivity (Wildman–Crippen MR) is 71.2 cm³/mol. The summed E-state index contributed by atoms with van der Waals surface area (Å²) in [6, 6.07) is 8.18. The Bertz CT molecular complexity index is 440. The van der Waals surface area contributed by atoms with Crippen molar-refractivity contribution in [3.63, 3.8) is 0 Å². The lowest BCUT2D eigenvalue weighted by atomic mass is 9.65. The van der Waals surface area contributed by atoms with Crippen LogP contribution in [0, 0.1) is 11.8 Å². The van der Waals surface area contributed by atoms with Crippen LogP contribution in [-0.2, 0) is 10.2 Å². The molecule has 2 heteroatoms. The lowest BCUT2D eigenvalue weighted by molar-refractivity contribution is -0.126. The number of carbonyl (C=O) groups is 1. The van der Waals surface area contributed by atoms with Gasteiger partial charge in [0.25, 0.3) is 0 Å². The van der Waals surface area contributed by atoms with E-state index in [1.165, 1.54) is 5.56 Å². The van der Waals surface area contributed by atoms with Gasteiger partial charge >= 0.3 is 0 Å². The molecule has 1 amide bonds. The van der Waals surface area contributed by atoms with Crippen molar-refractivity contribution in [1.29, 1.82) is 0 Å². The van der Waals surface area contributed by atoms with Crippen molar-refractivity contribution < 1.29 is 4.79 Å². The number of amides is 1. The molecule has 0 saturated heterocycles. The number of hydrogen-bond acceptors (Lipinski definition) is 1. The quantitative estimate of drug-likeness (QED) is 0.765. The molecule has 0 aliphatic carbocycles. The van der Waals surface area contributed by atoms with Crippen molar-refractivity contribution in [2.45, 2.75) is 33.1 Å². The van der Waals surface area contributed by atoms with Gasteiger partial charge in [-0.15, -0.1) is 0 Å². The van der Waals surface area contributed by atoms with Crippen molar-refractivity contribution >= 4 is 11.6 Å². The minimum absolute atomic E-state index is 0.240. The SMILES string of the molecule is CC(C)C1(C(C)C)C(=O)N(C)c2ccccc21. The van der Waals surface area contributed by atoms with Crippen molar-refractivity contribution in [2.75, 3.05) is 11.9 Å². The van der Waals surface area contributed by atoms with Gasteiger partial charge in [-0.2, -0.15) is 0 Å². The lowest BCUT2D eigenvalue weighted by Gasteiger charge is -2.36. The first kappa shape index (κ1) is 12.2. The fourth-order valence-electron chi connectivity index (χ4n) is 3.40. The van der Waals surface area contributed by atoms with E-state index in [2.05, 4.69) is 33.8 Å². The molecule has 1 aliphatic rings. The van der Waals surface area contributed by atoms with Crippen LogP contribution in [0.5, 0.6) is 0 Å². The summed E-state index contributed by atoms with van der Waals surface area (Å²) in [5.41, 5.74) is 1.91. The second-order valence-corrected chi connectivity index (χ2v) is 5.56. The molecule has 0 atom stereocenters. The van der Waals surface area contributed by atoms with Gasteiger partial charge < -0.3 is 4.90 Å². The lowest BCUT2D eigenvalue weighted by Crippen LogP contribution is -2.46. The molecule has 1 aromatic rings. The first-order chi connectivity index (χ1) is 7.94. The Hall–Kier alpha value is -1.31. The molecule has 0 unspecified atom stereocenters. The van der Waals surface area contributed by atoms with Crippen LogP contribution in [-0.4, -0.2) is 13.0 Å². The molecular formula is C15H21NO. The Morgan fingerprint density at radius 1 is 1.06 bits per heavy atom. The van der Waals surface area contributed by atoms with E-state index >= 15 is 0 Å². The number of likely N-dealkylation sites (N-methyl/N-ethyl adjacent to an activating group) is 1. The first-order valence-corrected chi connectivity index (χ1v) is 6.31. The van der Waals surface area contributed by atoms with E-state index in [0.29, 0.717) is 11.8 Å². The molecule has 1 heterocycles. The summed E-state index contributed by atoms with van der Waals surface area (Å²) in [4.78, 5) is 14.5. The van der Waals surface area contributed by atoms with Gasteiger partial charge in [0.1, 0.15) is 0 Å². The van der Waals surface area contributed by atoms with Gasteiger partial charge in [0, 0.05) is 12.7 Å². The summed E-state index contributed by atoms with van der Waals surface area (Å²) in [6.07, 6.45) is 0. The van der Waals surface area contributed by atoms with E-state index < -0.39 is 0 Å². The highest BCUT2D eigenvalue weighted by Crippen LogP contribution is 2.49. The van der Waals surface area contributed by atoms with Gasteiger partial charge in [-0.05, 0) is 23.5 Å². The number of anilines is 1. The number of fused-ring (bicyclic) bond motifs is 1. The summed E-state index contributed by atoms with van der Waals surface area (Å²) in [7, 11) is 1.88. The molecule has 0 radical (unpaired) electrons. The van der Waals surface area contributed by atoms with E-state index in [9.17, 15) is 4.79 Å². The Balaban J connectivity index is 2.73. The second kappa shape index (κ2) is 3.86. The van der Waals surface area contributed by atoms with Crippen LogP contribution < -0.4 is 4.90 Å². The number of para-hydroxylation sites is 1. The highest BCUT2D eigenvalue weighted by atomic mass is 16.2. The summed E-state index contributed by atoms with van der Waals surface area (Å²) in [5.74, 6) is 0.853. The van der Waals surface area contributed by atoms with Gasteiger partial charge in [0.05, 0.1) is 5.41 Å². The van der Waals surface area contributed by atoms with E-state index in [0.717, 1.165) is 5.69 Å². The van der Waals surface area contributed by atoms with Crippen LogP contribution in [0.25, 0.3) is 0 Å². The minimum Gasteiger partial charge on any atom is -0.314 e. The van der Waals surface area contributed by atoms with Gasteiger partial charge in [0.2, 0.25) is 5.91 Å². The molecule has 0 aromatic heterocycles. The third-order valence-corrected chi connectivity index (χ3v) is 4.19. The Morgan fingerprint density at radius 2 is 1.59 bits per heavy atom. The number of carbonyl (C=O) groups excluding carboxylic acids is 1. The third-order valence-electron chi connectivity index (χ3n) is 4.19. The average molecular weight is 231 g/mol. The zero-order valence-corrected chi connectivity index (χ0v) is 11.3.